The molecule has 0 aromatic rings. The fraction of sp³-hybridized carbons (Fsp3) is 1.00. The van der Waals surface area contributed by atoms with Crippen molar-refractivity contribution < 1.29 is 4.74 Å². The third-order valence-corrected chi connectivity index (χ3v) is 2.68. The van der Waals surface area contributed by atoms with Crippen LogP contribution in [0.5, 0.6) is 0 Å². The first kappa shape index (κ1) is 11.9. The zero-order valence-electron chi connectivity index (χ0n) is 8.76. The molecule has 74 valence electrons. The fourth-order valence-corrected chi connectivity index (χ4v) is 1.15. The molecule has 0 saturated carbocycles. The lowest BCUT2D eigenvalue weighted by Gasteiger charge is -2.37. The lowest BCUT2D eigenvalue weighted by molar-refractivity contribution is 0.0932. The maximum atomic E-state index is 5.73. The zero-order chi connectivity index (χ0) is 9.61. The molecule has 0 aliphatic heterocycles. The maximum Gasteiger partial charge on any atom is 0.0480 e. The van der Waals surface area contributed by atoms with Crippen molar-refractivity contribution in [2.45, 2.75) is 25.8 Å². The summed E-state index contributed by atoms with van der Waals surface area (Å²) in [6.45, 7) is 6.80. The number of hydrogen-bond acceptors (Lipinski definition) is 3. The van der Waals surface area contributed by atoms with Gasteiger partial charge in [0.2, 0.25) is 0 Å². The third kappa shape index (κ3) is 3.09. The van der Waals surface area contributed by atoms with Crippen LogP contribution in [0, 0.1) is 0 Å². The van der Waals surface area contributed by atoms with Crippen LogP contribution in [0.1, 0.15) is 20.3 Å². The fourth-order valence-electron chi connectivity index (χ4n) is 1.15. The number of hydrogen-bond donors (Lipinski definition) is 1. The molecule has 0 bridgehead atoms. The Kier molecular flexibility index (Phi) is 5.46. The summed E-state index contributed by atoms with van der Waals surface area (Å²) in [6.07, 6.45) is 0.990. The summed E-state index contributed by atoms with van der Waals surface area (Å²) in [5, 5.41) is 0. The van der Waals surface area contributed by atoms with E-state index in [4.69, 9.17) is 10.5 Å². The Morgan fingerprint density at radius 3 is 2.42 bits per heavy atom. The van der Waals surface area contributed by atoms with E-state index in [2.05, 4.69) is 25.8 Å². The van der Waals surface area contributed by atoms with Gasteiger partial charge in [-0.1, -0.05) is 6.92 Å². The first-order valence-electron chi connectivity index (χ1n) is 4.51. The summed E-state index contributed by atoms with van der Waals surface area (Å²) in [5.74, 6) is 0. The molecule has 0 spiro atoms. The minimum Gasteiger partial charge on any atom is -0.385 e. The highest BCUT2D eigenvalue weighted by Gasteiger charge is 2.25. The van der Waals surface area contributed by atoms with Crippen molar-refractivity contribution in [3.63, 3.8) is 0 Å². The van der Waals surface area contributed by atoms with Gasteiger partial charge in [0.15, 0.2) is 0 Å². The van der Waals surface area contributed by atoms with Crippen LogP contribution in [0.4, 0.5) is 0 Å². The van der Waals surface area contributed by atoms with E-state index in [0.717, 1.165) is 19.6 Å². The molecule has 0 rings (SSSR count). The number of rotatable bonds is 6. The van der Waals surface area contributed by atoms with Gasteiger partial charge >= 0.3 is 0 Å². The third-order valence-electron chi connectivity index (χ3n) is 2.68. The van der Waals surface area contributed by atoms with Gasteiger partial charge in [-0.15, -0.1) is 0 Å². The standard InChI is InChI=1S/C9H22N2O/c1-5-11(3)9(2,8-10)6-7-12-4/h5-8,10H2,1-4H3. The predicted molar refractivity (Wildman–Crippen MR) is 52.3 cm³/mol. The highest BCUT2D eigenvalue weighted by Crippen LogP contribution is 2.15. The minimum atomic E-state index is 0.0881. The molecule has 0 amide bonds. The summed E-state index contributed by atoms with van der Waals surface area (Å²) in [4.78, 5) is 2.27. The molecule has 0 aromatic carbocycles. The summed E-state index contributed by atoms with van der Waals surface area (Å²) in [7, 11) is 3.82. The van der Waals surface area contributed by atoms with Crippen LogP contribution in [-0.4, -0.2) is 44.3 Å². The van der Waals surface area contributed by atoms with Gasteiger partial charge in [0.1, 0.15) is 0 Å². The Bertz CT molecular complexity index is 119. The molecule has 3 nitrogen and oxygen atoms in total. The molecule has 0 aliphatic carbocycles. The molecule has 1 unspecified atom stereocenters. The summed E-state index contributed by atoms with van der Waals surface area (Å²) in [6, 6.07) is 0. The molecule has 0 aromatic heterocycles. The van der Waals surface area contributed by atoms with Gasteiger partial charge in [-0.3, -0.25) is 4.90 Å². The molecule has 0 aliphatic rings. The van der Waals surface area contributed by atoms with Crippen LogP contribution < -0.4 is 5.73 Å². The van der Waals surface area contributed by atoms with E-state index < -0.39 is 0 Å². The van der Waals surface area contributed by atoms with Crippen molar-refractivity contribution in [2.75, 3.05) is 33.9 Å². The van der Waals surface area contributed by atoms with Crippen molar-refractivity contribution >= 4 is 0 Å². The number of nitrogens with two attached hydrogens (primary N) is 1. The van der Waals surface area contributed by atoms with Gasteiger partial charge in [-0.2, -0.15) is 0 Å². The van der Waals surface area contributed by atoms with E-state index in [1.54, 1.807) is 7.11 Å². The zero-order valence-corrected chi connectivity index (χ0v) is 8.76. The largest absolute Gasteiger partial charge is 0.385 e. The van der Waals surface area contributed by atoms with Crippen molar-refractivity contribution in [3.8, 4) is 0 Å². The maximum absolute atomic E-state index is 5.73. The topological polar surface area (TPSA) is 38.5 Å². The second kappa shape index (κ2) is 5.51. The first-order valence-corrected chi connectivity index (χ1v) is 4.51. The Morgan fingerprint density at radius 1 is 1.50 bits per heavy atom. The van der Waals surface area contributed by atoms with Crippen LogP contribution in [0.3, 0.4) is 0 Å². The van der Waals surface area contributed by atoms with Crippen molar-refractivity contribution in [1.82, 2.24) is 4.90 Å². The summed E-state index contributed by atoms with van der Waals surface area (Å²) >= 11 is 0. The SMILES string of the molecule is CCN(C)C(C)(CN)CCOC. The minimum absolute atomic E-state index is 0.0881. The molecule has 12 heavy (non-hydrogen) atoms. The molecule has 0 radical (unpaired) electrons. The molecule has 1 atom stereocenters. The second-order valence-electron chi connectivity index (χ2n) is 3.46. The van der Waals surface area contributed by atoms with Crippen molar-refractivity contribution in [3.05, 3.63) is 0 Å². The Hall–Kier alpha value is -0.120. The Balaban J connectivity index is 4.03. The monoisotopic (exact) mass is 174 g/mol. The second-order valence-corrected chi connectivity index (χ2v) is 3.46. The van der Waals surface area contributed by atoms with E-state index in [0.29, 0.717) is 6.54 Å². The van der Waals surface area contributed by atoms with Crippen LogP contribution >= 0.6 is 0 Å². The predicted octanol–water partition coefficient (Wildman–Crippen LogP) is 0.692. The van der Waals surface area contributed by atoms with Gasteiger partial charge in [0.25, 0.3) is 0 Å². The number of ether oxygens (including phenoxy) is 1. The summed E-state index contributed by atoms with van der Waals surface area (Å²) < 4.78 is 5.05. The highest BCUT2D eigenvalue weighted by molar-refractivity contribution is 4.84. The van der Waals surface area contributed by atoms with E-state index >= 15 is 0 Å². The molecule has 0 heterocycles. The van der Waals surface area contributed by atoms with Crippen LogP contribution in [0.15, 0.2) is 0 Å². The van der Waals surface area contributed by atoms with Crippen molar-refractivity contribution in [1.29, 1.82) is 0 Å². The first-order chi connectivity index (χ1) is 5.60. The van der Waals surface area contributed by atoms with E-state index in [-0.39, 0.29) is 5.54 Å². The Morgan fingerprint density at radius 2 is 2.08 bits per heavy atom. The Labute approximate surface area is 75.9 Å². The summed E-state index contributed by atoms with van der Waals surface area (Å²) in [5.41, 5.74) is 5.82. The molecule has 0 fully saturated rings. The van der Waals surface area contributed by atoms with E-state index in [1.165, 1.54) is 0 Å². The highest BCUT2D eigenvalue weighted by atomic mass is 16.5. The molecule has 2 N–H and O–H groups in total. The number of methoxy groups -OCH3 is 1. The van der Waals surface area contributed by atoms with Crippen LogP contribution in [-0.2, 0) is 4.74 Å². The number of likely N-dealkylation sites (N-methyl/N-ethyl adjacent to an activating group) is 1. The number of nitrogens with zero attached hydrogens (tertiary/aromatic N) is 1. The van der Waals surface area contributed by atoms with Gasteiger partial charge in [0.05, 0.1) is 0 Å². The molecule has 3 heteroatoms. The average Bonchev–Trinajstić information content (AvgIpc) is 2.12. The molecular weight excluding hydrogens is 152 g/mol. The van der Waals surface area contributed by atoms with Crippen molar-refractivity contribution in [2.24, 2.45) is 5.73 Å². The molecular formula is C9H22N2O. The quantitative estimate of drug-likeness (QED) is 0.644. The van der Waals surface area contributed by atoms with Gasteiger partial charge < -0.3 is 10.5 Å². The lowest BCUT2D eigenvalue weighted by Crippen LogP contribution is -2.50. The van der Waals surface area contributed by atoms with Crippen LogP contribution in [0.2, 0.25) is 0 Å². The lowest BCUT2D eigenvalue weighted by atomic mass is 9.96. The average molecular weight is 174 g/mol. The van der Waals surface area contributed by atoms with E-state index in [1.807, 2.05) is 0 Å². The normalized spacial score (nSPS) is 16.5. The molecule has 0 saturated heterocycles. The van der Waals surface area contributed by atoms with E-state index in [9.17, 15) is 0 Å². The van der Waals surface area contributed by atoms with Gasteiger partial charge in [0, 0.05) is 25.8 Å². The smallest absolute Gasteiger partial charge is 0.0480 e. The van der Waals surface area contributed by atoms with Gasteiger partial charge in [-0.25, -0.2) is 0 Å². The van der Waals surface area contributed by atoms with Gasteiger partial charge in [-0.05, 0) is 26.9 Å². The van der Waals surface area contributed by atoms with Crippen LogP contribution in [0.25, 0.3) is 0 Å².